The van der Waals surface area contributed by atoms with E-state index in [0.717, 1.165) is 11.7 Å². The number of hydrogen-bond donors (Lipinski definition) is 2. The number of rotatable bonds is 3. The molecule has 6 nitrogen and oxygen atoms in total. The quantitative estimate of drug-likeness (QED) is 0.897. The van der Waals surface area contributed by atoms with Crippen molar-refractivity contribution in [1.29, 1.82) is 0 Å². The van der Waals surface area contributed by atoms with Gasteiger partial charge in [0.15, 0.2) is 11.6 Å². The lowest BCUT2D eigenvalue weighted by Crippen LogP contribution is -2.24. The van der Waals surface area contributed by atoms with Crippen molar-refractivity contribution in [2.24, 2.45) is 0 Å². The number of pyridine rings is 1. The number of methoxy groups -OCH3 is 1. The van der Waals surface area contributed by atoms with Crippen LogP contribution in [0.2, 0.25) is 0 Å². The smallest absolute Gasteiger partial charge is 0.343 e. The van der Waals surface area contributed by atoms with Gasteiger partial charge in [-0.1, -0.05) is 0 Å². The number of nitrogens with two attached hydrogens (primary N) is 1. The first kappa shape index (κ1) is 15.2. The number of aromatic nitrogens is 1. The third-order valence-corrected chi connectivity index (χ3v) is 3.81. The zero-order valence-electron chi connectivity index (χ0n) is 11.8. The minimum absolute atomic E-state index is 0.0172. The number of aromatic carboxylic acids is 1. The van der Waals surface area contributed by atoms with Crippen LogP contribution in [-0.4, -0.2) is 28.9 Å². The molecule has 0 bridgehead atoms. The van der Waals surface area contributed by atoms with Crippen LogP contribution in [0.25, 0.3) is 10.9 Å². The Morgan fingerprint density at radius 1 is 1.48 bits per heavy atom. The van der Waals surface area contributed by atoms with Crippen molar-refractivity contribution in [2.75, 3.05) is 12.8 Å². The van der Waals surface area contributed by atoms with E-state index in [1.165, 1.54) is 0 Å². The molecule has 2 atom stereocenters. The van der Waals surface area contributed by atoms with E-state index >= 15 is 0 Å². The normalized spacial score (nSPS) is 19.8. The summed E-state index contributed by atoms with van der Waals surface area (Å²) in [6.07, 6.45) is -1.31. The van der Waals surface area contributed by atoms with Crippen LogP contribution < -0.4 is 15.9 Å². The van der Waals surface area contributed by atoms with Crippen LogP contribution in [0.5, 0.6) is 5.75 Å². The Balaban J connectivity index is 2.58. The molecule has 1 fully saturated rings. The van der Waals surface area contributed by atoms with Gasteiger partial charge in [-0.2, -0.15) is 4.39 Å². The van der Waals surface area contributed by atoms with E-state index in [-0.39, 0.29) is 11.9 Å². The molecule has 1 heterocycles. The summed E-state index contributed by atoms with van der Waals surface area (Å²) in [4.78, 5) is 23.6. The minimum Gasteiger partial charge on any atom is -0.491 e. The molecule has 122 valence electrons. The highest BCUT2D eigenvalue weighted by Gasteiger charge is 2.42. The summed E-state index contributed by atoms with van der Waals surface area (Å²) in [5.41, 5.74) is 3.55. The fraction of sp³-hybridized carbons (Fsp3) is 0.286. The third kappa shape index (κ3) is 2.03. The Morgan fingerprint density at radius 2 is 2.09 bits per heavy atom. The number of hydrogen-bond acceptors (Lipinski definition) is 4. The van der Waals surface area contributed by atoms with Crippen molar-refractivity contribution in [2.45, 2.75) is 18.6 Å². The molecule has 1 aromatic heterocycles. The van der Waals surface area contributed by atoms with Crippen molar-refractivity contribution in [3.8, 4) is 5.75 Å². The summed E-state index contributed by atoms with van der Waals surface area (Å²) in [5, 5.41) is 8.72. The van der Waals surface area contributed by atoms with Crippen LogP contribution in [0.15, 0.2) is 10.9 Å². The van der Waals surface area contributed by atoms with Gasteiger partial charge in [0.25, 0.3) is 0 Å². The molecule has 3 N–H and O–H groups in total. The molecule has 23 heavy (non-hydrogen) atoms. The summed E-state index contributed by atoms with van der Waals surface area (Å²) in [6, 6.07) is -0.303. The summed E-state index contributed by atoms with van der Waals surface area (Å²) in [5.74, 6) is -5.54. The predicted molar refractivity (Wildman–Crippen MR) is 74.6 cm³/mol. The third-order valence-electron chi connectivity index (χ3n) is 3.81. The number of halogens is 3. The molecule has 3 rings (SSSR count). The second kappa shape index (κ2) is 4.90. The monoisotopic (exact) mass is 328 g/mol. The second-order valence-corrected chi connectivity index (χ2v) is 5.19. The predicted octanol–water partition coefficient (Wildman–Crippen LogP) is 1.85. The van der Waals surface area contributed by atoms with E-state index in [2.05, 4.69) is 0 Å². The maximum absolute atomic E-state index is 13.9. The van der Waals surface area contributed by atoms with Crippen molar-refractivity contribution < 1.29 is 27.8 Å². The SMILES string of the molecule is COc1c(F)c(F)cc2c(=O)c(C(=O)O)c(N)n([C@@H]3C[C@@H]3F)c12. The standard InChI is InChI=1S/C14H11F3N2O4/c1-23-12-9(17)6(16)2-4-10(12)19(7-3-5(7)15)13(18)8(11(4)20)14(21)22/h2,5,7H,3,18H2,1H3,(H,21,22)/t5-,7+/m0/s1. The molecule has 9 heteroatoms. The molecule has 1 aliphatic carbocycles. The highest BCUT2D eigenvalue weighted by atomic mass is 19.2. The Bertz CT molecular complexity index is 910. The number of alkyl halides is 1. The Kier molecular flexibility index (Phi) is 3.24. The molecule has 0 spiro atoms. The summed E-state index contributed by atoms with van der Waals surface area (Å²) in [6.45, 7) is 0. The zero-order valence-corrected chi connectivity index (χ0v) is 11.8. The first-order chi connectivity index (χ1) is 10.8. The molecule has 0 amide bonds. The number of benzene rings is 1. The number of carbonyl (C=O) groups is 1. The highest BCUT2D eigenvalue weighted by Crippen LogP contribution is 2.45. The van der Waals surface area contributed by atoms with Crippen molar-refractivity contribution in [1.82, 2.24) is 4.57 Å². The molecule has 1 aliphatic rings. The average molecular weight is 328 g/mol. The Morgan fingerprint density at radius 3 is 2.57 bits per heavy atom. The Hall–Kier alpha value is -2.71. The van der Waals surface area contributed by atoms with Gasteiger partial charge in [-0.25, -0.2) is 13.6 Å². The van der Waals surface area contributed by atoms with Crippen LogP contribution in [0, 0.1) is 11.6 Å². The largest absolute Gasteiger partial charge is 0.491 e. The number of fused-ring (bicyclic) bond motifs is 1. The van der Waals surface area contributed by atoms with Gasteiger partial charge in [0.05, 0.1) is 24.1 Å². The van der Waals surface area contributed by atoms with Crippen molar-refractivity contribution in [3.05, 3.63) is 33.5 Å². The van der Waals surface area contributed by atoms with E-state index in [9.17, 15) is 22.8 Å². The van der Waals surface area contributed by atoms with E-state index in [1.54, 1.807) is 0 Å². The zero-order chi connectivity index (χ0) is 17.0. The molecule has 1 saturated carbocycles. The van der Waals surface area contributed by atoms with E-state index in [0.29, 0.717) is 6.07 Å². The first-order valence-corrected chi connectivity index (χ1v) is 6.56. The maximum atomic E-state index is 13.9. The molecular formula is C14H11F3N2O4. The van der Waals surface area contributed by atoms with Crippen LogP contribution in [0.3, 0.4) is 0 Å². The van der Waals surface area contributed by atoms with E-state index < -0.39 is 57.8 Å². The second-order valence-electron chi connectivity index (χ2n) is 5.19. The first-order valence-electron chi connectivity index (χ1n) is 6.56. The molecule has 0 saturated heterocycles. The molecule has 0 unspecified atom stereocenters. The van der Waals surface area contributed by atoms with Gasteiger partial charge in [-0.3, -0.25) is 4.79 Å². The van der Waals surface area contributed by atoms with Gasteiger partial charge in [-0.15, -0.1) is 0 Å². The van der Waals surface area contributed by atoms with Crippen molar-refractivity contribution >= 4 is 22.7 Å². The lowest BCUT2D eigenvalue weighted by atomic mass is 10.1. The van der Waals surface area contributed by atoms with Gasteiger partial charge < -0.3 is 20.1 Å². The van der Waals surface area contributed by atoms with Crippen LogP contribution in [0.4, 0.5) is 19.0 Å². The van der Waals surface area contributed by atoms with Gasteiger partial charge in [0, 0.05) is 6.42 Å². The summed E-state index contributed by atoms with van der Waals surface area (Å²) < 4.78 is 46.9. The number of carboxylic acid groups (broad SMARTS) is 1. The molecule has 1 aromatic carbocycles. The lowest BCUT2D eigenvalue weighted by molar-refractivity contribution is 0.0696. The number of nitrogens with zero attached hydrogens (tertiary/aromatic N) is 1. The highest BCUT2D eigenvalue weighted by molar-refractivity contribution is 5.99. The van der Waals surface area contributed by atoms with Crippen LogP contribution >= 0.6 is 0 Å². The maximum Gasteiger partial charge on any atom is 0.343 e. The number of carboxylic acids is 1. The number of anilines is 1. The number of ether oxygens (including phenoxy) is 1. The summed E-state index contributed by atoms with van der Waals surface area (Å²) >= 11 is 0. The van der Waals surface area contributed by atoms with Crippen molar-refractivity contribution in [3.63, 3.8) is 0 Å². The van der Waals surface area contributed by atoms with Gasteiger partial charge in [-0.05, 0) is 6.07 Å². The topological polar surface area (TPSA) is 94.6 Å². The average Bonchev–Trinajstić information content (AvgIpc) is 3.18. The summed E-state index contributed by atoms with van der Waals surface area (Å²) in [7, 11) is 1.05. The van der Waals surface area contributed by atoms with Gasteiger partial charge in [0.2, 0.25) is 11.2 Å². The van der Waals surface area contributed by atoms with Gasteiger partial charge in [0.1, 0.15) is 17.6 Å². The minimum atomic E-state index is -1.64. The molecular weight excluding hydrogens is 317 g/mol. The van der Waals surface area contributed by atoms with E-state index in [1.807, 2.05) is 0 Å². The van der Waals surface area contributed by atoms with Crippen LogP contribution in [0.1, 0.15) is 22.8 Å². The molecule has 0 radical (unpaired) electrons. The van der Waals surface area contributed by atoms with E-state index in [4.69, 9.17) is 15.6 Å². The molecule has 2 aromatic rings. The number of nitrogen functional groups attached to an aromatic ring is 1. The fourth-order valence-electron chi connectivity index (χ4n) is 2.65. The van der Waals surface area contributed by atoms with Gasteiger partial charge >= 0.3 is 5.97 Å². The van der Waals surface area contributed by atoms with Crippen LogP contribution in [-0.2, 0) is 0 Å². The fourth-order valence-corrected chi connectivity index (χ4v) is 2.65. The lowest BCUT2D eigenvalue weighted by Gasteiger charge is -2.18. The Labute approximate surface area is 126 Å². The molecule has 0 aliphatic heterocycles.